The predicted molar refractivity (Wildman–Crippen MR) is 75.4 cm³/mol. The van der Waals surface area contributed by atoms with E-state index < -0.39 is 0 Å². The Morgan fingerprint density at radius 1 is 1.15 bits per heavy atom. The maximum atomic E-state index is 11.8. The summed E-state index contributed by atoms with van der Waals surface area (Å²) in [6, 6.07) is 7.02. The van der Waals surface area contributed by atoms with E-state index in [0.717, 1.165) is 10.2 Å². The zero-order chi connectivity index (χ0) is 14.3. The first-order valence-electron chi connectivity index (χ1n) is 6.04. The minimum Gasteiger partial charge on any atom is -0.325 e. The van der Waals surface area contributed by atoms with Crippen molar-refractivity contribution in [2.24, 2.45) is 14.1 Å². The second kappa shape index (κ2) is 4.37. The van der Waals surface area contributed by atoms with Crippen molar-refractivity contribution in [1.29, 1.82) is 0 Å². The third-order valence-corrected chi connectivity index (χ3v) is 3.15. The van der Waals surface area contributed by atoms with Crippen LogP contribution in [0.1, 0.15) is 0 Å². The molecule has 0 aromatic carbocycles. The van der Waals surface area contributed by atoms with Crippen molar-refractivity contribution in [2.45, 2.75) is 0 Å². The fourth-order valence-corrected chi connectivity index (χ4v) is 1.98. The fraction of sp³-hybridized carbons (Fsp3) is 0.154. The van der Waals surface area contributed by atoms with Gasteiger partial charge < -0.3 is 9.72 Å². The molecule has 102 valence electrons. The number of pyridine rings is 1. The summed E-state index contributed by atoms with van der Waals surface area (Å²) >= 11 is 0. The van der Waals surface area contributed by atoms with Gasteiger partial charge in [0, 0.05) is 26.4 Å². The molecule has 3 heterocycles. The summed E-state index contributed by atoms with van der Waals surface area (Å²) in [6.07, 6.45) is 3.66. The van der Waals surface area contributed by atoms with Crippen LogP contribution in [0.3, 0.4) is 0 Å². The van der Waals surface area contributed by atoms with Crippen molar-refractivity contribution >= 4 is 17.3 Å². The average Bonchev–Trinajstić information content (AvgIpc) is 2.84. The first kappa shape index (κ1) is 12.2. The van der Waals surface area contributed by atoms with Crippen molar-refractivity contribution in [3.8, 4) is 0 Å². The summed E-state index contributed by atoms with van der Waals surface area (Å²) in [4.78, 5) is 27.9. The molecule has 0 radical (unpaired) electrons. The lowest BCUT2D eigenvalue weighted by atomic mass is 10.5. The molecule has 7 heteroatoms. The lowest BCUT2D eigenvalue weighted by molar-refractivity contribution is 0.692. The van der Waals surface area contributed by atoms with E-state index in [2.05, 4.69) is 10.3 Å². The van der Waals surface area contributed by atoms with Gasteiger partial charge in [0.05, 0.1) is 6.20 Å². The van der Waals surface area contributed by atoms with Crippen molar-refractivity contribution < 1.29 is 0 Å². The highest BCUT2D eigenvalue weighted by Crippen LogP contribution is 2.13. The maximum Gasteiger partial charge on any atom is 0.332 e. The summed E-state index contributed by atoms with van der Waals surface area (Å²) in [7, 11) is 3.04. The first-order valence-corrected chi connectivity index (χ1v) is 6.04. The minimum absolute atomic E-state index is 0.362. The predicted octanol–water partition coefficient (Wildman–Crippen LogP) is 0.475. The number of hydrogen-bond donors (Lipinski definition) is 1. The topological polar surface area (TPSA) is 73.3 Å². The third kappa shape index (κ3) is 1.89. The molecule has 3 aromatic heterocycles. The number of fused-ring (bicyclic) bond motifs is 1. The van der Waals surface area contributed by atoms with Crippen LogP contribution in [0.2, 0.25) is 0 Å². The normalized spacial score (nSPS) is 10.9. The molecule has 1 N–H and O–H groups in total. The van der Waals surface area contributed by atoms with Gasteiger partial charge in [-0.1, -0.05) is 6.07 Å². The molecule has 0 saturated heterocycles. The van der Waals surface area contributed by atoms with Gasteiger partial charge in [0.1, 0.15) is 11.5 Å². The number of nitrogens with one attached hydrogen (secondary N) is 1. The lowest BCUT2D eigenvalue weighted by Crippen LogP contribution is -2.37. The van der Waals surface area contributed by atoms with E-state index >= 15 is 0 Å². The highest BCUT2D eigenvalue weighted by molar-refractivity contribution is 5.56. The number of aromatic nitrogens is 4. The number of anilines is 2. The van der Waals surface area contributed by atoms with E-state index in [1.165, 1.54) is 17.7 Å². The Hall–Kier alpha value is -2.83. The van der Waals surface area contributed by atoms with Gasteiger partial charge in [0.15, 0.2) is 5.82 Å². The molecule has 0 atom stereocenters. The van der Waals surface area contributed by atoms with Gasteiger partial charge in [-0.3, -0.25) is 13.9 Å². The highest BCUT2D eigenvalue weighted by Gasteiger charge is 2.07. The van der Waals surface area contributed by atoms with Crippen molar-refractivity contribution in [2.75, 3.05) is 5.32 Å². The largest absolute Gasteiger partial charge is 0.332 e. The monoisotopic (exact) mass is 271 g/mol. The van der Waals surface area contributed by atoms with Crippen LogP contribution in [0.5, 0.6) is 0 Å². The van der Waals surface area contributed by atoms with Gasteiger partial charge in [-0.15, -0.1) is 0 Å². The summed E-state index contributed by atoms with van der Waals surface area (Å²) in [6.45, 7) is 0. The Labute approximate surface area is 113 Å². The van der Waals surface area contributed by atoms with E-state index in [0.29, 0.717) is 11.6 Å². The lowest BCUT2D eigenvalue weighted by Gasteiger charge is -2.09. The smallest absolute Gasteiger partial charge is 0.325 e. The van der Waals surface area contributed by atoms with Crippen LogP contribution in [-0.2, 0) is 14.1 Å². The summed E-state index contributed by atoms with van der Waals surface area (Å²) in [5.41, 5.74) is 0.0342. The molecular weight excluding hydrogens is 258 g/mol. The van der Waals surface area contributed by atoms with Crippen molar-refractivity contribution in [3.63, 3.8) is 0 Å². The van der Waals surface area contributed by atoms with E-state index in [1.54, 1.807) is 13.2 Å². The van der Waals surface area contributed by atoms with Crippen LogP contribution < -0.4 is 16.6 Å². The standard InChI is InChI=1S/C13H13N5O2/c1-16-11(7-12(19)17(2)13(16)20)15-9-8-18-6-4-3-5-10(18)14-9/h3-8,15H,1-2H3. The highest BCUT2D eigenvalue weighted by atomic mass is 16.2. The Morgan fingerprint density at radius 2 is 1.95 bits per heavy atom. The average molecular weight is 271 g/mol. The van der Waals surface area contributed by atoms with Crippen LogP contribution in [0.4, 0.5) is 11.6 Å². The van der Waals surface area contributed by atoms with Crippen molar-refractivity contribution in [1.82, 2.24) is 18.5 Å². The number of imidazole rings is 1. The van der Waals surface area contributed by atoms with E-state index in [1.807, 2.05) is 28.8 Å². The SMILES string of the molecule is Cn1c(Nc2cn3ccccc3n2)cc(=O)n(C)c1=O. The molecule has 0 saturated carbocycles. The van der Waals surface area contributed by atoms with E-state index in [-0.39, 0.29) is 11.2 Å². The zero-order valence-corrected chi connectivity index (χ0v) is 11.1. The van der Waals surface area contributed by atoms with Crippen LogP contribution in [0.25, 0.3) is 5.65 Å². The summed E-state index contributed by atoms with van der Waals surface area (Å²) < 4.78 is 4.27. The molecule has 0 unspecified atom stereocenters. The number of hydrogen-bond acceptors (Lipinski definition) is 4. The molecule has 0 amide bonds. The molecule has 0 spiro atoms. The van der Waals surface area contributed by atoms with Gasteiger partial charge in [0.25, 0.3) is 5.56 Å². The van der Waals surface area contributed by atoms with Gasteiger partial charge in [-0.25, -0.2) is 9.78 Å². The third-order valence-electron chi connectivity index (χ3n) is 3.15. The second-order valence-corrected chi connectivity index (χ2v) is 4.49. The Bertz CT molecular complexity index is 870. The molecule has 0 aliphatic heterocycles. The second-order valence-electron chi connectivity index (χ2n) is 4.49. The van der Waals surface area contributed by atoms with E-state index in [4.69, 9.17) is 0 Å². The molecule has 3 rings (SSSR count). The van der Waals surface area contributed by atoms with E-state index in [9.17, 15) is 9.59 Å². The molecule has 3 aromatic rings. The molecule has 7 nitrogen and oxygen atoms in total. The van der Waals surface area contributed by atoms with Crippen LogP contribution in [-0.4, -0.2) is 18.5 Å². The first-order chi connectivity index (χ1) is 9.56. The number of nitrogens with zero attached hydrogens (tertiary/aromatic N) is 4. The zero-order valence-electron chi connectivity index (χ0n) is 11.1. The molecule has 0 fully saturated rings. The van der Waals surface area contributed by atoms with Gasteiger partial charge >= 0.3 is 5.69 Å². The van der Waals surface area contributed by atoms with Crippen LogP contribution in [0.15, 0.2) is 46.2 Å². The minimum atomic E-state index is -0.385. The summed E-state index contributed by atoms with van der Waals surface area (Å²) in [5.74, 6) is 0.973. The van der Waals surface area contributed by atoms with Crippen LogP contribution >= 0.6 is 0 Å². The Balaban J connectivity index is 2.07. The Kier molecular flexibility index (Phi) is 2.67. The van der Waals surface area contributed by atoms with Gasteiger partial charge in [0.2, 0.25) is 0 Å². The maximum absolute atomic E-state index is 11.8. The summed E-state index contributed by atoms with van der Waals surface area (Å²) in [5, 5.41) is 2.99. The van der Waals surface area contributed by atoms with Gasteiger partial charge in [-0.2, -0.15) is 0 Å². The fourth-order valence-electron chi connectivity index (χ4n) is 1.98. The molecule has 0 aliphatic carbocycles. The van der Waals surface area contributed by atoms with Crippen LogP contribution in [0, 0.1) is 0 Å². The number of rotatable bonds is 2. The quantitative estimate of drug-likeness (QED) is 0.735. The van der Waals surface area contributed by atoms with Gasteiger partial charge in [-0.05, 0) is 12.1 Å². The molecule has 20 heavy (non-hydrogen) atoms. The molecular formula is C13H13N5O2. The van der Waals surface area contributed by atoms with Crippen molar-refractivity contribution in [3.05, 3.63) is 57.5 Å². The Morgan fingerprint density at radius 3 is 2.70 bits per heavy atom. The molecule has 0 aliphatic rings. The molecule has 0 bridgehead atoms.